The van der Waals surface area contributed by atoms with Gasteiger partial charge >= 0.3 is 0 Å². The number of carbonyl (C=O) groups is 2. The Morgan fingerprint density at radius 3 is 2.51 bits per heavy atom. The highest BCUT2D eigenvalue weighted by Gasteiger charge is 2.35. The van der Waals surface area contributed by atoms with Crippen LogP contribution in [-0.4, -0.2) is 39.6 Å². The fraction of sp³-hybridized carbons (Fsp3) is 0.267. The van der Waals surface area contributed by atoms with E-state index in [1.807, 2.05) is 73.8 Å². The van der Waals surface area contributed by atoms with Crippen LogP contribution in [0.25, 0.3) is 23.0 Å². The van der Waals surface area contributed by atoms with Gasteiger partial charge in [-0.2, -0.15) is 10.4 Å². The standard InChI is InChI=1S/C30H30N4O3/c1-4-6-15-33-29(35)26(21(3)27(19-31)30(33)36)18-23-20-34(24-12-8-7-9-13-24)32-28(23)22-11-10-14-25(17-22)37-16-5-2/h7-14,17-18,20H,4-6,15-16H2,1-3H3/b26-18+. The van der Waals surface area contributed by atoms with Crippen molar-refractivity contribution in [3.05, 3.63) is 83.1 Å². The van der Waals surface area contributed by atoms with Gasteiger partial charge in [0.15, 0.2) is 0 Å². The topological polar surface area (TPSA) is 88.2 Å². The Hall–Kier alpha value is -4.44. The van der Waals surface area contributed by atoms with Crippen molar-refractivity contribution in [3.63, 3.8) is 0 Å². The molecule has 0 bridgehead atoms. The van der Waals surface area contributed by atoms with Gasteiger partial charge in [-0.1, -0.05) is 50.6 Å². The molecule has 0 saturated carbocycles. The number of nitrogens with zero attached hydrogens (tertiary/aromatic N) is 4. The van der Waals surface area contributed by atoms with Gasteiger partial charge in [0.1, 0.15) is 23.1 Å². The van der Waals surface area contributed by atoms with Crippen LogP contribution in [-0.2, 0) is 9.59 Å². The molecule has 3 aromatic rings. The predicted molar refractivity (Wildman–Crippen MR) is 143 cm³/mol. The number of ether oxygens (including phenoxy) is 1. The molecule has 0 unspecified atom stereocenters. The second kappa shape index (κ2) is 11.5. The molecule has 0 atom stereocenters. The first kappa shape index (κ1) is 25.6. The van der Waals surface area contributed by atoms with Gasteiger partial charge in [-0.3, -0.25) is 14.5 Å². The highest BCUT2D eigenvalue weighted by atomic mass is 16.5. The zero-order valence-corrected chi connectivity index (χ0v) is 21.4. The van der Waals surface area contributed by atoms with Crippen molar-refractivity contribution in [1.29, 1.82) is 5.26 Å². The van der Waals surface area contributed by atoms with Gasteiger partial charge in [0.25, 0.3) is 11.8 Å². The summed E-state index contributed by atoms with van der Waals surface area (Å²) in [6, 6.07) is 19.4. The van der Waals surface area contributed by atoms with Crippen LogP contribution in [0.5, 0.6) is 5.75 Å². The van der Waals surface area contributed by atoms with E-state index < -0.39 is 11.8 Å². The number of unbranched alkanes of at least 4 members (excludes halogenated alkanes) is 1. The third-order valence-corrected chi connectivity index (χ3v) is 6.20. The number of hydrogen-bond donors (Lipinski definition) is 0. The first-order valence-corrected chi connectivity index (χ1v) is 12.6. The number of para-hydroxylation sites is 1. The molecule has 0 aliphatic carbocycles. The van der Waals surface area contributed by atoms with E-state index in [0.717, 1.165) is 29.8 Å². The SMILES string of the molecule is CCCCN1C(=O)C(C#N)=C(C)/C(=C\c2cn(-c3ccccc3)nc2-c2cccc(OCCC)c2)C1=O. The van der Waals surface area contributed by atoms with E-state index >= 15 is 0 Å². The second-order valence-electron chi connectivity index (χ2n) is 8.87. The molecule has 2 heterocycles. The summed E-state index contributed by atoms with van der Waals surface area (Å²) in [4.78, 5) is 27.5. The van der Waals surface area contributed by atoms with Gasteiger partial charge < -0.3 is 4.74 Å². The first-order valence-electron chi connectivity index (χ1n) is 12.6. The molecule has 1 aliphatic rings. The van der Waals surface area contributed by atoms with Crippen molar-refractivity contribution >= 4 is 17.9 Å². The number of amides is 2. The van der Waals surface area contributed by atoms with Crippen molar-refractivity contribution in [2.75, 3.05) is 13.2 Å². The summed E-state index contributed by atoms with van der Waals surface area (Å²) in [7, 11) is 0. The number of benzene rings is 2. The summed E-state index contributed by atoms with van der Waals surface area (Å²) < 4.78 is 7.60. The molecular weight excluding hydrogens is 464 g/mol. The average Bonchev–Trinajstić information content (AvgIpc) is 3.35. The van der Waals surface area contributed by atoms with E-state index in [1.54, 1.807) is 17.7 Å². The second-order valence-corrected chi connectivity index (χ2v) is 8.87. The minimum absolute atomic E-state index is 0.00563. The predicted octanol–water partition coefficient (Wildman–Crippen LogP) is 5.72. The molecule has 1 aliphatic heterocycles. The van der Waals surface area contributed by atoms with Gasteiger partial charge in [0.05, 0.1) is 12.3 Å². The number of carbonyl (C=O) groups excluding carboxylic acids is 2. The summed E-state index contributed by atoms with van der Waals surface area (Å²) >= 11 is 0. The third kappa shape index (κ3) is 5.39. The lowest BCUT2D eigenvalue weighted by Gasteiger charge is -2.27. The highest BCUT2D eigenvalue weighted by Crippen LogP contribution is 2.32. The average molecular weight is 495 g/mol. The molecule has 0 radical (unpaired) electrons. The van der Waals surface area contributed by atoms with Gasteiger partial charge in [0, 0.05) is 29.4 Å². The van der Waals surface area contributed by atoms with Crippen LogP contribution >= 0.6 is 0 Å². The fourth-order valence-corrected chi connectivity index (χ4v) is 4.19. The summed E-state index contributed by atoms with van der Waals surface area (Å²) in [5.74, 6) is -0.190. The van der Waals surface area contributed by atoms with E-state index in [-0.39, 0.29) is 12.1 Å². The molecule has 37 heavy (non-hydrogen) atoms. The Morgan fingerprint density at radius 1 is 1.03 bits per heavy atom. The van der Waals surface area contributed by atoms with Crippen molar-refractivity contribution in [1.82, 2.24) is 14.7 Å². The molecule has 0 fully saturated rings. The zero-order valence-electron chi connectivity index (χ0n) is 21.4. The minimum Gasteiger partial charge on any atom is -0.494 e. The van der Waals surface area contributed by atoms with Gasteiger partial charge in [0.2, 0.25) is 0 Å². The molecule has 188 valence electrons. The Kier molecular flexibility index (Phi) is 7.99. The van der Waals surface area contributed by atoms with Crippen LogP contribution in [0.4, 0.5) is 0 Å². The Morgan fingerprint density at radius 2 is 1.81 bits per heavy atom. The van der Waals surface area contributed by atoms with Crippen LogP contribution in [0.15, 0.2) is 77.5 Å². The largest absolute Gasteiger partial charge is 0.494 e. The number of aromatic nitrogens is 2. The molecule has 2 aromatic carbocycles. The highest BCUT2D eigenvalue weighted by molar-refractivity contribution is 6.19. The lowest BCUT2D eigenvalue weighted by atomic mass is 9.93. The van der Waals surface area contributed by atoms with Crippen molar-refractivity contribution < 1.29 is 14.3 Å². The molecule has 2 amide bonds. The molecule has 4 rings (SSSR count). The fourth-order valence-electron chi connectivity index (χ4n) is 4.19. The molecule has 7 nitrogen and oxygen atoms in total. The summed E-state index contributed by atoms with van der Waals surface area (Å²) in [5, 5.41) is 14.6. The van der Waals surface area contributed by atoms with Crippen LogP contribution < -0.4 is 4.74 Å². The third-order valence-electron chi connectivity index (χ3n) is 6.20. The maximum atomic E-state index is 13.5. The van der Waals surface area contributed by atoms with E-state index in [9.17, 15) is 14.9 Å². The van der Waals surface area contributed by atoms with E-state index in [4.69, 9.17) is 9.84 Å². The molecule has 0 saturated heterocycles. The van der Waals surface area contributed by atoms with Crippen molar-refractivity contribution in [3.8, 4) is 28.8 Å². The number of nitriles is 1. The number of rotatable bonds is 9. The van der Waals surface area contributed by atoms with E-state index in [2.05, 4.69) is 6.92 Å². The Balaban J connectivity index is 1.87. The van der Waals surface area contributed by atoms with Gasteiger partial charge in [-0.15, -0.1) is 0 Å². The molecular formula is C30H30N4O3. The summed E-state index contributed by atoms with van der Waals surface area (Å²) in [6.45, 7) is 6.58. The molecule has 7 heteroatoms. The maximum absolute atomic E-state index is 13.5. The van der Waals surface area contributed by atoms with Crippen molar-refractivity contribution in [2.45, 2.75) is 40.0 Å². The van der Waals surface area contributed by atoms with Gasteiger partial charge in [-0.05, 0) is 55.7 Å². The normalized spacial score (nSPS) is 14.9. The van der Waals surface area contributed by atoms with Crippen molar-refractivity contribution in [2.24, 2.45) is 0 Å². The summed E-state index contributed by atoms with van der Waals surface area (Å²) in [5.41, 5.74) is 3.75. The molecule has 1 aromatic heterocycles. The van der Waals surface area contributed by atoms with Crippen LogP contribution in [0.2, 0.25) is 0 Å². The quantitative estimate of drug-likeness (QED) is 0.280. The van der Waals surface area contributed by atoms with Crippen LogP contribution in [0.1, 0.15) is 45.6 Å². The number of hydrogen-bond acceptors (Lipinski definition) is 5. The lowest BCUT2D eigenvalue weighted by molar-refractivity contribution is -0.140. The summed E-state index contributed by atoms with van der Waals surface area (Å²) in [6.07, 6.45) is 5.99. The Labute approximate surface area is 217 Å². The Bertz CT molecular complexity index is 1410. The molecule has 0 N–H and O–H groups in total. The van der Waals surface area contributed by atoms with Crippen LogP contribution in [0.3, 0.4) is 0 Å². The first-order chi connectivity index (χ1) is 18.0. The number of imide groups is 1. The minimum atomic E-state index is -0.531. The maximum Gasteiger partial charge on any atom is 0.271 e. The lowest BCUT2D eigenvalue weighted by Crippen LogP contribution is -2.43. The monoisotopic (exact) mass is 494 g/mol. The van der Waals surface area contributed by atoms with Gasteiger partial charge in [-0.25, -0.2) is 4.68 Å². The van der Waals surface area contributed by atoms with Crippen LogP contribution in [0, 0.1) is 11.3 Å². The smallest absolute Gasteiger partial charge is 0.271 e. The van der Waals surface area contributed by atoms with E-state index in [0.29, 0.717) is 35.4 Å². The molecule has 0 spiro atoms. The zero-order chi connectivity index (χ0) is 26.4. The van der Waals surface area contributed by atoms with E-state index in [1.165, 1.54) is 4.90 Å².